The number of rotatable bonds is 3. The van der Waals surface area contributed by atoms with Crippen molar-refractivity contribution in [2.24, 2.45) is 0 Å². The van der Waals surface area contributed by atoms with Gasteiger partial charge in [-0.15, -0.1) is 11.6 Å². The first kappa shape index (κ1) is 22.4. The Morgan fingerprint density at radius 3 is 2.23 bits per heavy atom. The molecule has 0 saturated carbocycles. The second kappa shape index (κ2) is 7.10. The molecule has 0 bridgehead atoms. The summed E-state index contributed by atoms with van der Waals surface area (Å²) in [7, 11) is -4.21. The zero-order chi connectivity index (χ0) is 15.5. The minimum absolute atomic E-state index is 0. The number of fused-ring (bicyclic) bond motifs is 1. The van der Waals surface area contributed by atoms with Crippen LogP contribution >= 0.6 is 11.6 Å². The first-order chi connectivity index (χ1) is 9.09. The van der Waals surface area contributed by atoms with Gasteiger partial charge in [-0.1, -0.05) is 0 Å². The van der Waals surface area contributed by atoms with Crippen molar-refractivity contribution >= 4 is 39.3 Å². The second-order valence-corrected chi connectivity index (χ2v) is 7.43. The van der Waals surface area contributed by atoms with Gasteiger partial charge >= 0.3 is 59.1 Å². The van der Waals surface area contributed by atoms with E-state index >= 15 is 0 Å². The van der Waals surface area contributed by atoms with Gasteiger partial charge in [-0.2, -0.15) is 0 Å². The number of nitrogens with zero attached hydrogens (tertiary/aromatic N) is 1. The Morgan fingerprint density at radius 2 is 1.86 bits per heavy atom. The van der Waals surface area contributed by atoms with Crippen molar-refractivity contribution in [1.82, 2.24) is 4.90 Å². The topological polar surface area (TPSA) is 135 Å². The molecule has 0 unspecified atom stereocenters. The maximum absolute atomic E-state index is 12.3. The number of halogens is 1. The molecule has 2 aliphatic rings. The molecule has 0 radical (unpaired) electrons. The van der Waals surface area contributed by atoms with Gasteiger partial charge in [0.2, 0.25) is 0 Å². The number of amides is 1. The third-order valence-corrected chi connectivity index (χ3v) is 7.01. The standard InChI is InChI=1S/C10H10ClNO7S.2Na/c1-10(3-11)6(9(16)17)12-7(15)4(2-5(13)14)8(12)20(10,18)19;;/h2,6,8H,3H2,1H3,(H,13,14)(H,16,17);;/q;2*+1/p-2/b4-2+;;/t6-,8+,10-;;/m0../s1. The largest absolute Gasteiger partial charge is 1.00 e. The maximum Gasteiger partial charge on any atom is 1.00 e. The molecule has 110 valence electrons. The van der Waals surface area contributed by atoms with Gasteiger partial charge in [0.05, 0.1) is 23.6 Å². The molecule has 8 nitrogen and oxygen atoms in total. The van der Waals surface area contributed by atoms with Gasteiger partial charge in [0, 0.05) is 5.88 Å². The zero-order valence-electron chi connectivity index (χ0n) is 12.0. The molecular formula is C10H8ClNNa2O7S. The fourth-order valence-electron chi connectivity index (χ4n) is 2.49. The number of hydrogen-bond acceptors (Lipinski definition) is 7. The number of β-lactam (4-membered cyclic amide) rings is 1. The van der Waals surface area contributed by atoms with Crippen LogP contribution < -0.4 is 69.3 Å². The van der Waals surface area contributed by atoms with Gasteiger partial charge in [-0.25, -0.2) is 8.42 Å². The smallest absolute Gasteiger partial charge is 0.548 e. The van der Waals surface area contributed by atoms with E-state index in [2.05, 4.69) is 0 Å². The first-order valence-corrected chi connectivity index (χ1v) is 7.43. The van der Waals surface area contributed by atoms with Crippen LogP contribution in [0.1, 0.15) is 6.92 Å². The molecule has 2 fully saturated rings. The molecule has 2 saturated heterocycles. The summed E-state index contributed by atoms with van der Waals surface area (Å²) >= 11 is 5.58. The predicted molar refractivity (Wildman–Crippen MR) is 60.6 cm³/mol. The molecule has 2 aliphatic heterocycles. The van der Waals surface area contributed by atoms with Gasteiger partial charge in [-0.05, 0) is 13.0 Å². The first-order valence-electron chi connectivity index (χ1n) is 5.35. The van der Waals surface area contributed by atoms with Crippen LogP contribution in [0.5, 0.6) is 0 Å². The van der Waals surface area contributed by atoms with Crippen LogP contribution in [0.3, 0.4) is 0 Å². The van der Waals surface area contributed by atoms with Crippen molar-refractivity contribution in [1.29, 1.82) is 0 Å². The van der Waals surface area contributed by atoms with Crippen molar-refractivity contribution in [2.75, 3.05) is 5.88 Å². The number of carboxylic acid groups (broad SMARTS) is 2. The molecule has 0 spiro atoms. The Hall–Kier alpha value is 0.390. The van der Waals surface area contributed by atoms with Crippen LogP contribution in [-0.4, -0.2) is 53.2 Å². The second-order valence-electron chi connectivity index (χ2n) is 4.70. The number of aliphatic carboxylic acids is 2. The summed E-state index contributed by atoms with van der Waals surface area (Å²) in [5.41, 5.74) is -0.537. The van der Waals surface area contributed by atoms with Crippen LogP contribution in [0.2, 0.25) is 0 Å². The van der Waals surface area contributed by atoms with Crippen LogP contribution in [0, 0.1) is 0 Å². The van der Waals surface area contributed by atoms with E-state index in [1.165, 1.54) is 0 Å². The molecule has 0 aromatic carbocycles. The van der Waals surface area contributed by atoms with Crippen LogP contribution in [0.4, 0.5) is 0 Å². The fourth-order valence-corrected chi connectivity index (χ4v) is 5.30. The quantitative estimate of drug-likeness (QED) is 0.209. The van der Waals surface area contributed by atoms with Gasteiger partial charge in [-0.3, -0.25) is 4.79 Å². The summed E-state index contributed by atoms with van der Waals surface area (Å²) in [5.74, 6) is -5.08. The molecule has 0 N–H and O–H groups in total. The monoisotopic (exact) mass is 367 g/mol. The van der Waals surface area contributed by atoms with E-state index in [9.17, 15) is 33.0 Å². The van der Waals surface area contributed by atoms with Gasteiger partial charge in [0.25, 0.3) is 5.91 Å². The Balaban J connectivity index is 0.00000220. The summed E-state index contributed by atoms with van der Waals surface area (Å²) in [6, 6.07) is -1.76. The van der Waals surface area contributed by atoms with Crippen LogP contribution in [0.25, 0.3) is 0 Å². The number of carbonyl (C=O) groups excluding carboxylic acids is 3. The number of hydrogen-bond donors (Lipinski definition) is 0. The number of carboxylic acids is 2. The Kier molecular flexibility index (Phi) is 7.23. The van der Waals surface area contributed by atoms with E-state index in [-0.39, 0.29) is 59.1 Å². The van der Waals surface area contributed by atoms with Crippen molar-refractivity contribution in [3.05, 3.63) is 11.6 Å². The summed E-state index contributed by atoms with van der Waals surface area (Å²) in [6.07, 6.45) is 0.355. The summed E-state index contributed by atoms with van der Waals surface area (Å²) < 4.78 is 22.7. The van der Waals surface area contributed by atoms with E-state index in [0.29, 0.717) is 11.0 Å². The van der Waals surface area contributed by atoms with Crippen molar-refractivity contribution in [3.63, 3.8) is 0 Å². The molecular weight excluding hydrogens is 360 g/mol. The molecule has 1 amide bonds. The summed E-state index contributed by atoms with van der Waals surface area (Å²) in [6.45, 7) is 1.08. The fraction of sp³-hybridized carbons (Fsp3) is 0.500. The molecule has 12 heteroatoms. The SMILES string of the molecule is C[C@]1(CCl)[C@H](C(=O)[O-])N2C(=O)/C(=C\C(=O)[O-])[C@H]2S1(=O)=O.[Na+].[Na+]. The van der Waals surface area contributed by atoms with E-state index in [1.807, 2.05) is 0 Å². The number of carbonyl (C=O) groups is 3. The van der Waals surface area contributed by atoms with Crippen LogP contribution in [0.15, 0.2) is 11.6 Å². The van der Waals surface area contributed by atoms with Gasteiger partial charge < -0.3 is 24.7 Å². The number of alkyl halides is 1. The average molecular weight is 368 g/mol. The zero-order valence-corrected chi connectivity index (χ0v) is 17.6. The molecule has 0 aliphatic carbocycles. The maximum atomic E-state index is 12.3. The van der Waals surface area contributed by atoms with E-state index in [1.54, 1.807) is 0 Å². The molecule has 22 heavy (non-hydrogen) atoms. The summed E-state index contributed by atoms with van der Waals surface area (Å²) in [5, 5.41) is 20.0. The Bertz CT molecular complexity index is 664. The third-order valence-electron chi connectivity index (χ3n) is 3.56. The minimum Gasteiger partial charge on any atom is -0.548 e. The van der Waals surface area contributed by atoms with Gasteiger partial charge in [0.15, 0.2) is 15.2 Å². The van der Waals surface area contributed by atoms with Crippen molar-refractivity contribution < 1.29 is 92.1 Å². The predicted octanol–water partition coefficient (Wildman–Crippen LogP) is -9.62. The van der Waals surface area contributed by atoms with Crippen LogP contribution in [-0.2, 0) is 24.2 Å². The molecule has 2 rings (SSSR count). The normalized spacial score (nSPS) is 33.3. The van der Waals surface area contributed by atoms with Crippen molar-refractivity contribution in [2.45, 2.75) is 23.1 Å². The van der Waals surface area contributed by atoms with Gasteiger partial charge in [0.1, 0.15) is 4.75 Å². The minimum atomic E-state index is -4.21. The van der Waals surface area contributed by atoms with E-state index in [0.717, 1.165) is 6.92 Å². The number of sulfone groups is 1. The molecule has 2 heterocycles. The van der Waals surface area contributed by atoms with E-state index < -0.39 is 55.3 Å². The third kappa shape index (κ3) is 2.79. The summed E-state index contributed by atoms with van der Waals surface area (Å²) in [4.78, 5) is 34.0. The molecule has 0 aromatic rings. The molecule has 0 aromatic heterocycles. The Labute approximate surface area is 175 Å². The van der Waals surface area contributed by atoms with E-state index in [4.69, 9.17) is 11.6 Å². The molecule has 3 atom stereocenters. The average Bonchev–Trinajstić information content (AvgIpc) is 2.50. The Morgan fingerprint density at radius 1 is 1.36 bits per heavy atom. The van der Waals surface area contributed by atoms with Crippen molar-refractivity contribution in [3.8, 4) is 0 Å².